The number of carbonyl (C=O) groups is 1. The Balaban J connectivity index is 2.25. The van der Waals surface area contributed by atoms with Gasteiger partial charge in [0.2, 0.25) is 0 Å². The SMILES string of the molecule is CCC(C(=O)c1ccc(C(C)C)cc1)c1ccccc1. The summed E-state index contributed by atoms with van der Waals surface area (Å²) >= 11 is 0. The highest BCUT2D eigenvalue weighted by atomic mass is 16.1. The van der Waals surface area contributed by atoms with Gasteiger partial charge in [0.05, 0.1) is 0 Å². The van der Waals surface area contributed by atoms with Crippen LogP contribution in [0.15, 0.2) is 54.6 Å². The van der Waals surface area contributed by atoms with E-state index in [1.54, 1.807) is 0 Å². The van der Waals surface area contributed by atoms with Crippen LogP contribution in [0.2, 0.25) is 0 Å². The third-order valence-electron chi connectivity index (χ3n) is 3.79. The third kappa shape index (κ3) is 3.16. The molecule has 1 atom stereocenters. The zero-order valence-electron chi connectivity index (χ0n) is 12.5. The third-order valence-corrected chi connectivity index (χ3v) is 3.79. The van der Waals surface area contributed by atoms with Crippen molar-refractivity contribution in [3.05, 3.63) is 71.3 Å². The van der Waals surface area contributed by atoms with Crippen LogP contribution < -0.4 is 0 Å². The minimum atomic E-state index is -0.0406. The minimum Gasteiger partial charge on any atom is -0.293 e. The highest BCUT2D eigenvalue weighted by Gasteiger charge is 2.19. The van der Waals surface area contributed by atoms with Crippen molar-refractivity contribution < 1.29 is 4.79 Å². The molecular formula is C19H22O. The predicted octanol–water partition coefficient (Wildman–Crippen LogP) is 5.19. The molecule has 0 spiro atoms. The van der Waals surface area contributed by atoms with Gasteiger partial charge >= 0.3 is 0 Å². The van der Waals surface area contributed by atoms with E-state index in [-0.39, 0.29) is 11.7 Å². The quantitative estimate of drug-likeness (QED) is 0.681. The maximum atomic E-state index is 12.7. The van der Waals surface area contributed by atoms with Crippen molar-refractivity contribution in [3.8, 4) is 0 Å². The highest BCUT2D eigenvalue weighted by Crippen LogP contribution is 2.25. The first-order valence-corrected chi connectivity index (χ1v) is 7.32. The van der Waals surface area contributed by atoms with E-state index in [4.69, 9.17) is 0 Å². The minimum absolute atomic E-state index is 0.0406. The van der Waals surface area contributed by atoms with E-state index < -0.39 is 0 Å². The molecule has 104 valence electrons. The van der Waals surface area contributed by atoms with E-state index in [0.29, 0.717) is 5.92 Å². The molecule has 0 N–H and O–H groups in total. The van der Waals surface area contributed by atoms with Crippen LogP contribution in [0.5, 0.6) is 0 Å². The maximum absolute atomic E-state index is 12.7. The molecule has 20 heavy (non-hydrogen) atoms. The number of hydrogen-bond donors (Lipinski definition) is 0. The molecule has 0 amide bonds. The van der Waals surface area contributed by atoms with Gasteiger partial charge < -0.3 is 0 Å². The van der Waals surface area contributed by atoms with E-state index >= 15 is 0 Å². The summed E-state index contributed by atoms with van der Waals surface area (Å²) in [6.45, 7) is 6.39. The first-order chi connectivity index (χ1) is 9.63. The zero-order chi connectivity index (χ0) is 14.5. The maximum Gasteiger partial charge on any atom is 0.170 e. The summed E-state index contributed by atoms with van der Waals surface area (Å²) in [7, 11) is 0. The van der Waals surface area contributed by atoms with Crippen molar-refractivity contribution in [1.29, 1.82) is 0 Å². The van der Waals surface area contributed by atoms with Crippen molar-refractivity contribution in [2.45, 2.75) is 39.0 Å². The average Bonchev–Trinajstić information content (AvgIpc) is 2.49. The fraction of sp³-hybridized carbons (Fsp3) is 0.316. The van der Waals surface area contributed by atoms with Crippen LogP contribution in [-0.2, 0) is 0 Å². The lowest BCUT2D eigenvalue weighted by atomic mass is 9.88. The Morgan fingerprint density at radius 2 is 1.50 bits per heavy atom. The molecule has 1 unspecified atom stereocenters. The Labute approximate surface area is 121 Å². The molecular weight excluding hydrogens is 244 g/mol. The molecule has 2 rings (SSSR count). The van der Waals surface area contributed by atoms with Crippen LogP contribution in [-0.4, -0.2) is 5.78 Å². The van der Waals surface area contributed by atoms with Gasteiger partial charge in [0.25, 0.3) is 0 Å². The summed E-state index contributed by atoms with van der Waals surface area (Å²) in [5.41, 5.74) is 3.19. The van der Waals surface area contributed by atoms with E-state index in [0.717, 1.165) is 17.5 Å². The first kappa shape index (κ1) is 14.5. The molecule has 1 heteroatoms. The molecule has 0 heterocycles. The van der Waals surface area contributed by atoms with Gasteiger partial charge in [-0.25, -0.2) is 0 Å². The second kappa shape index (κ2) is 6.51. The van der Waals surface area contributed by atoms with Gasteiger partial charge in [-0.3, -0.25) is 4.79 Å². The zero-order valence-corrected chi connectivity index (χ0v) is 12.5. The van der Waals surface area contributed by atoms with Gasteiger partial charge in [0.1, 0.15) is 0 Å². The fourth-order valence-corrected chi connectivity index (χ4v) is 2.49. The van der Waals surface area contributed by atoms with E-state index in [1.165, 1.54) is 5.56 Å². The molecule has 1 nitrogen and oxygen atoms in total. The lowest BCUT2D eigenvalue weighted by molar-refractivity contribution is 0.0957. The molecule has 0 aliphatic heterocycles. The van der Waals surface area contributed by atoms with Crippen LogP contribution in [0.4, 0.5) is 0 Å². The Kier molecular flexibility index (Phi) is 4.73. The molecule has 0 saturated carbocycles. The summed E-state index contributed by atoms with van der Waals surface area (Å²) in [6.07, 6.45) is 0.828. The molecule has 0 aliphatic carbocycles. The van der Waals surface area contributed by atoms with Crippen molar-refractivity contribution >= 4 is 5.78 Å². The van der Waals surface area contributed by atoms with Crippen LogP contribution in [0.1, 0.15) is 60.5 Å². The van der Waals surface area contributed by atoms with Gasteiger partial charge in [-0.2, -0.15) is 0 Å². The van der Waals surface area contributed by atoms with Crippen molar-refractivity contribution in [1.82, 2.24) is 0 Å². The molecule has 0 fully saturated rings. The average molecular weight is 266 g/mol. The number of hydrogen-bond acceptors (Lipinski definition) is 1. The monoisotopic (exact) mass is 266 g/mol. The van der Waals surface area contributed by atoms with Crippen LogP contribution in [0.3, 0.4) is 0 Å². The first-order valence-electron chi connectivity index (χ1n) is 7.32. The lowest BCUT2D eigenvalue weighted by Gasteiger charge is -2.15. The van der Waals surface area contributed by atoms with Crippen molar-refractivity contribution in [3.63, 3.8) is 0 Å². The highest BCUT2D eigenvalue weighted by molar-refractivity contribution is 6.00. The Bertz CT molecular complexity index is 552. The molecule has 2 aromatic rings. The largest absolute Gasteiger partial charge is 0.293 e. The van der Waals surface area contributed by atoms with E-state index in [9.17, 15) is 4.79 Å². The summed E-state index contributed by atoms with van der Waals surface area (Å²) in [5, 5.41) is 0. The van der Waals surface area contributed by atoms with Gasteiger partial charge in [-0.1, -0.05) is 75.4 Å². The topological polar surface area (TPSA) is 17.1 Å². The fourth-order valence-electron chi connectivity index (χ4n) is 2.49. The number of Topliss-reactive ketones (excluding diaryl/α,β-unsaturated/α-hetero) is 1. The van der Waals surface area contributed by atoms with Gasteiger partial charge in [0.15, 0.2) is 5.78 Å². The van der Waals surface area contributed by atoms with Gasteiger partial charge in [-0.15, -0.1) is 0 Å². The summed E-state index contributed by atoms with van der Waals surface area (Å²) in [6, 6.07) is 18.1. The predicted molar refractivity (Wildman–Crippen MR) is 84.3 cm³/mol. The number of benzene rings is 2. The lowest BCUT2D eigenvalue weighted by Crippen LogP contribution is -2.12. The van der Waals surface area contributed by atoms with E-state index in [2.05, 4.69) is 32.9 Å². The standard InChI is InChI=1S/C19H22O/c1-4-18(16-8-6-5-7-9-16)19(20)17-12-10-15(11-13-17)14(2)3/h5-14,18H,4H2,1-3H3. The van der Waals surface area contributed by atoms with Crippen molar-refractivity contribution in [2.75, 3.05) is 0 Å². The Morgan fingerprint density at radius 3 is 2.00 bits per heavy atom. The normalized spacial score (nSPS) is 12.4. The molecule has 0 saturated heterocycles. The van der Waals surface area contributed by atoms with Gasteiger partial charge in [-0.05, 0) is 23.5 Å². The van der Waals surface area contributed by atoms with Crippen LogP contribution >= 0.6 is 0 Å². The second-order valence-electron chi connectivity index (χ2n) is 5.51. The molecule has 0 bridgehead atoms. The van der Waals surface area contributed by atoms with Crippen molar-refractivity contribution in [2.24, 2.45) is 0 Å². The molecule has 0 aromatic heterocycles. The molecule has 0 radical (unpaired) electrons. The summed E-state index contributed by atoms with van der Waals surface area (Å²) in [4.78, 5) is 12.7. The molecule has 2 aromatic carbocycles. The second-order valence-corrected chi connectivity index (χ2v) is 5.51. The number of ketones is 1. The Morgan fingerprint density at radius 1 is 0.900 bits per heavy atom. The summed E-state index contributed by atoms with van der Waals surface area (Å²) in [5.74, 6) is 0.672. The summed E-state index contributed by atoms with van der Waals surface area (Å²) < 4.78 is 0. The number of carbonyl (C=O) groups excluding carboxylic acids is 1. The van der Waals surface area contributed by atoms with E-state index in [1.807, 2.05) is 42.5 Å². The molecule has 0 aliphatic rings. The smallest absolute Gasteiger partial charge is 0.170 e. The van der Waals surface area contributed by atoms with Crippen LogP contribution in [0.25, 0.3) is 0 Å². The van der Waals surface area contributed by atoms with Crippen LogP contribution in [0, 0.1) is 0 Å². The van der Waals surface area contributed by atoms with Gasteiger partial charge in [0, 0.05) is 11.5 Å². The number of rotatable bonds is 5. The Hall–Kier alpha value is -1.89.